The van der Waals surface area contributed by atoms with Gasteiger partial charge in [0.05, 0.1) is 0 Å². The number of carbonyl (C=O) groups excluding carboxylic acids is 1. The first kappa shape index (κ1) is 16.2. The van der Waals surface area contributed by atoms with Gasteiger partial charge in [-0.2, -0.15) is 4.98 Å². The summed E-state index contributed by atoms with van der Waals surface area (Å²) in [7, 11) is 0. The molecule has 1 fully saturated rings. The molecule has 1 atom stereocenters. The molecule has 0 bridgehead atoms. The van der Waals surface area contributed by atoms with Gasteiger partial charge >= 0.3 is 5.69 Å². The fraction of sp³-hybridized carbons (Fsp3) is 0.278. The molecule has 1 saturated heterocycles. The predicted octanol–water partition coefficient (Wildman–Crippen LogP) is 1.66. The van der Waals surface area contributed by atoms with E-state index >= 15 is 0 Å². The Morgan fingerprint density at radius 2 is 2.08 bits per heavy atom. The van der Waals surface area contributed by atoms with Crippen LogP contribution in [0.5, 0.6) is 0 Å². The third kappa shape index (κ3) is 3.13. The third-order valence-electron chi connectivity index (χ3n) is 4.42. The lowest BCUT2D eigenvalue weighted by molar-refractivity contribution is -0.133. The average molecular weight is 351 g/mol. The van der Waals surface area contributed by atoms with E-state index in [1.165, 1.54) is 10.8 Å². The first-order valence-electron chi connectivity index (χ1n) is 8.42. The van der Waals surface area contributed by atoms with Crippen LogP contribution >= 0.6 is 0 Å². The number of hydrogen-bond donors (Lipinski definition) is 0. The highest BCUT2D eigenvalue weighted by molar-refractivity contribution is 5.76. The lowest BCUT2D eigenvalue weighted by Crippen LogP contribution is -2.36. The summed E-state index contributed by atoms with van der Waals surface area (Å²) in [5, 5.41) is 4.03. The SMILES string of the molecule is O=C(Cn1cccnc1=O)N1CCC[C@@H]1c1nc(-c2ccccc2)no1. The molecule has 0 N–H and O–H groups in total. The van der Waals surface area contributed by atoms with Gasteiger partial charge in [0.1, 0.15) is 12.6 Å². The summed E-state index contributed by atoms with van der Waals surface area (Å²) >= 11 is 0. The second-order valence-corrected chi connectivity index (χ2v) is 6.10. The summed E-state index contributed by atoms with van der Waals surface area (Å²) in [6.45, 7) is 0.546. The van der Waals surface area contributed by atoms with Crippen LogP contribution in [0.3, 0.4) is 0 Å². The molecule has 0 aliphatic carbocycles. The van der Waals surface area contributed by atoms with E-state index < -0.39 is 5.69 Å². The van der Waals surface area contributed by atoms with E-state index in [0.717, 1.165) is 18.4 Å². The van der Waals surface area contributed by atoms with Crippen molar-refractivity contribution in [2.75, 3.05) is 6.54 Å². The Morgan fingerprint density at radius 3 is 2.88 bits per heavy atom. The van der Waals surface area contributed by atoms with Crippen LogP contribution in [0.2, 0.25) is 0 Å². The van der Waals surface area contributed by atoms with E-state index in [2.05, 4.69) is 15.1 Å². The van der Waals surface area contributed by atoms with Gasteiger partial charge in [-0.1, -0.05) is 35.5 Å². The largest absolute Gasteiger partial charge is 0.347 e. The highest BCUT2D eigenvalue weighted by Gasteiger charge is 2.34. The van der Waals surface area contributed by atoms with Gasteiger partial charge < -0.3 is 9.42 Å². The topological polar surface area (TPSA) is 94.1 Å². The zero-order valence-electron chi connectivity index (χ0n) is 14.0. The summed E-state index contributed by atoms with van der Waals surface area (Å²) in [4.78, 5) is 34.2. The summed E-state index contributed by atoms with van der Waals surface area (Å²) in [5.41, 5.74) is 0.418. The summed E-state index contributed by atoms with van der Waals surface area (Å²) in [6, 6.07) is 10.9. The van der Waals surface area contributed by atoms with E-state index in [1.807, 2.05) is 30.3 Å². The summed E-state index contributed by atoms with van der Waals surface area (Å²) in [6.07, 6.45) is 4.57. The highest BCUT2D eigenvalue weighted by Crippen LogP contribution is 2.32. The molecule has 0 radical (unpaired) electrons. The second kappa shape index (κ2) is 6.91. The molecule has 26 heavy (non-hydrogen) atoms. The normalized spacial score (nSPS) is 16.8. The van der Waals surface area contributed by atoms with Gasteiger partial charge in [-0.15, -0.1) is 0 Å². The molecule has 8 heteroatoms. The quantitative estimate of drug-likeness (QED) is 0.709. The van der Waals surface area contributed by atoms with Crippen molar-refractivity contribution in [2.24, 2.45) is 0 Å². The smallest absolute Gasteiger partial charge is 0.337 e. The number of nitrogens with zero attached hydrogens (tertiary/aromatic N) is 5. The van der Waals surface area contributed by atoms with Gasteiger partial charge in [0.2, 0.25) is 17.6 Å². The van der Waals surface area contributed by atoms with Crippen molar-refractivity contribution < 1.29 is 9.32 Å². The molecule has 1 aliphatic rings. The lowest BCUT2D eigenvalue weighted by atomic mass is 10.2. The Labute approximate surface area is 149 Å². The van der Waals surface area contributed by atoms with E-state index in [4.69, 9.17) is 4.52 Å². The minimum absolute atomic E-state index is 0.0527. The average Bonchev–Trinajstić information content (AvgIpc) is 3.33. The van der Waals surface area contributed by atoms with E-state index in [-0.39, 0.29) is 18.5 Å². The molecule has 0 spiro atoms. The Morgan fingerprint density at radius 1 is 1.23 bits per heavy atom. The van der Waals surface area contributed by atoms with Crippen LogP contribution in [0.4, 0.5) is 0 Å². The van der Waals surface area contributed by atoms with Crippen LogP contribution < -0.4 is 5.69 Å². The molecule has 3 heterocycles. The van der Waals surface area contributed by atoms with E-state index in [1.54, 1.807) is 17.2 Å². The van der Waals surface area contributed by atoms with Crippen molar-refractivity contribution >= 4 is 5.91 Å². The molecular weight excluding hydrogens is 334 g/mol. The molecule has 0 saturated carbocycles. The second-order valence-electron chi connectivity index (χ2n) is 6.10. The molecule has 2 aromatic heterocycles. The molecule has 8 nitrogen and oxygen atoms in total. The number of likely N-dealkylation sites (tertiary alicyclic amines) is 1. The van der Waals surface area contributed by atoms with Crippen LogP contribution in [0, 0.1) is 0 Å². The third-order valence-corrected chi connectivity index (χ3v) is 4.42. The van der Waals surface area contributed by atoms with Crippen LogP contribution in [-0.4, -0.2) is 37.0 Å². The number of amides is 1. The number of carbonyl (C=O) groups is 1. The van der Waals surface area contributed by atoms with Crippen molar-refractivity contribution in [3.8, 4) is 11.4 Å². The number of benzene rings is 1. The van der Waals surface area contributed by atoms with Gasteiger partial charge in [0.25, 0.3) is 0 Å². The fourth-order valence-corrected chi connectivity index (χ4v) is 3.14. The maximum Gasteiger partial charge on any atom is 0.347 e. The van der Waals surface area contributed by atoms with Crippen LogP contribution in [0.1, 0.15) is 24.8 Å². The van der Waals surface area contributed by atoms with Gasteiger partial charge in [0, 0.05) is 24.5 Å². The van der Waals surface area contributed by atoms with Gasteiger partial charge in [-0.05, 0) is 18.9 Å². The molecule has 3 aromatic rings. The zero-order valence-corrected chi connectivity index (χ0v) is 14.0. The molecule has 1 aliphatic heterocycles. The van der Waals surface area contributed by atoms with E-state index in [9.17, 15) is 9.59 Å². The van der Waals surface area contributed by atoms with Crippen LogP contribution in [-0.2, 0) is 11.3 Å². The van der Waals surface area contributed by atoms with Crippen LogP contribution in [0.25, 0.3) is 11.4 Å². The van der Waals surface area contributed by atoms with Crippen molar-refractivity contribution in [3.63, 3.8) is 0 Å². The number of rotatable bonds is 4. The van der Waals surface area contributed by atoms with Gasteiger partial charge in [-0.25, -0.2) is 9.78 Å². The Hall–Kier alpha value is -3.29. The molecule has 1 aromatic carbocycles. The van der Waals surface area contributed by atoms with Crippen LogP contribution in [0.15, 0.2) is 58.1 Å². The number of hydrogen-bond acceptors (Lipinski definition) is 6. The molecule has 132 valence electrons. The first-order valence-corrected chi connectivity index (χ1v) is 8.42. The molecular formula is C18H17N5O3. The highest BCUT2D eigenvalue weighted by atomic mass is 16.5. The van der Waals surface area contributed by atoms with Crippen molar-refractivity contribution in [1.82, 2.24) is 24.6 Å². The Balaban J connectivity index is 1.54. The van der Waals surface area contributed by atoms with E-state index in [0.29, 0.717) is 18.3 Å². The van der Waals surface area contributed by atoms with Gasteiger partial charge in [0.15, 0.2) is 0 Å². The minimum Gasteiger partial charge on any atom is -0.337 e. The molecule has 4 rings (SSSR count). The monoisotopic (exact) mass is 351 g/mol. The molecule has 1 amide bonds. The van der Waals surface area contributed by atoms with Crippen molar-refractivity contribution in [3.05, 3.63) is 65.2 Å². The van der Waals surface area contributed by atoms with Crippen molar-refractivity contribution in [2.45, 2.75) is 25.4 Å². The molecule has 0 unspecified atom stereocenters. The maximum atomic E-state index is 12.7. The van der Waals surface area contributed by atoms with Crippen molar-refractivity contribution in [1.29, 1.82) is 0 Å². The minimum atomic E-state index is -0.444. The fourth-order valence-electron chi connectivity index (χ4n) is 3.14. The standard InChI is InChI=1S/C18H17N5O3/c24-15(12-22-10-5-9-19-18(22)25)23-11-4-8-14(23)17-20-16(21-26-17)13-6-2-1-3-7-13/h1-3,5-7,9-10,14H,4,8,11-12H2/t14-/m1/s1. The summed E-state index contributed by atoms with van der Waals surface area (Å²) in [5.74, 6) is 0.763. The summed E-state index contributed by atoms with van der Waals surface area (Å²) < 4.78 is 6.71. The Bertz CT molecular complexity index is 966. The van der Waals surface area contributed by atoms with Gasteiger partial charge in [-0.3, -0.25) is 9.36 Å². The lowest BCUT2D eigenvalue weighted by Gasteiger charge is -2.22. The maximum absolute atomic E-state index is 12.7. The Kier molecular flexibility index (Phi) is 4.30. The predicted molar refractivity (Wildman–Crippen MR) is 91.9 cm³/mol. The first-order chi connectivity index (χ1) is 12.7. The number of aromatic nitrogens is 4. The zero-order chi connectivity index (χ0) is 17.9.